The normalized spacial score (nSPS) is 10.4. The van der Waals surface area contributed by atoms with Crippen LogP contribution in [0.3, 0.4) is 0 Å². The summed E-state index contributed by atoms with van der Waals surface area (Å²) < 4.78 is 36.6. The minimum atomic E-state index is -0.867. The molecule has 1 aromatic heterocycles. The first-order valence-corrected chi connectivity index (χ1v) is 8.48. The van der Waals surface area contributed by atoms with E-state index in [1.807, 2.05) is 30.3 Å². The van der Waals surface area contributed by atoms with Crippen molar-refractivity contribution in [3.63, 3.8) is 0 Å². The minimum Gasteiger partial charge on any atom is -0.481 e. The Morgan fingerprint density at radius 2 is 1.79 bits per heavy atom. The van der Waals surface area contributed by atoms with Gasteiger partial charge in [0.15, 0.2) is 18.2 Å². The van der Waals surface area contributed by atoms with Gasteiger partial charge in [-0.05, 0) is 18.2 Å². The molecular formula is C20H17F2N3O3. The molecule has 3 aromatic rings. The van der Waals surface area contributed by atoms with Crippen LogP contribution >= 0.6 is 0 Å². The molecule has 6 nitrogen and oxygen atoms in total. The van der Waals surface area contributed by atoms with Crippen LogP contribution in [0.2, 0.25) is 0 Å². The average molecular weight is 385 g/mol. The van der Waals surface area contributed by atoms with Crippen molar-refractivity contribution in [1.29, 1.82) is 0 Å². The van der Waals surface area contributed by atoms with E-state index in [1.165, 1.54) is 0 Å². The summed E-state index contributed by atoms with van der Waals surface area (Å²) in [5.74, 6) is -1.90. The quantitative estimate of drug-likeness (QED) is 0.604. The molecule has 0 aliphatic rings. The third-order valence-corrected chi connectivity index (χ3v) is 3.64. The first-order valence-electron chi connectivity index (χ1n) is 8.48. The van der Waals surface area contributed by atoms with Crippen molar-refractivity contribution in [2.45, 2.75) is 0 Å². The molecule has 0 aliphatic heterocycles. The summed E-state index contributed by atoms with van der Waals surface area (Å²) in [5.41, 5.74) is 1.68. The number of nitrogens with zero attached hydrogens (tertiary/aromatic N) is 2. The average Bonchev–Trinajstić information content (AvgIpc) is 2.72. The van der Waals surface area contributed by atoms with Crippen molar-refractivity contribution in [2.75, 3.05) is 19.8 Å². The zero-order valence-corrected chi connectivity index (χ0v) is 14.8. The topological polar surface area (TPSA) is 73.3 Å². The lowest BCUT2D eigenvalue weighted by molar-refractivity contribution is -0.123. The van der Waals surface area contributed by atoms with E-state index >= 15 is 0 Å². The fraction of sp³-hybridized carbons (Fsp3) is 0.150. The maximum Gasteiger partial charge on any atom is 0.258 e. The zero-order valence-electron chi connectivity index (χ0n) is 14.8. The Labute approximate surface area is 160 Å². The molecule has 8 heteroatoms. The number of amides is 1. The zero-order chi connectivity index (χ0) is 19.8. The lowest BCUT2D eigenvalue weighted by Gasteiger charge is -2.09. The molecule has 1 heterocycles. The minimum absolute atomic E-state index is 0.177. The molecule has 144 valence electrons. The summed E-state index contributed by atoms with van der Waals surface area (Å²) in [6.45, 7) is -0.0135. The van der Waals surface area contributed by atoms with E-state index in [0.717, 1.165) is 23.4 Å². The third kappa shape index (κ3) is 5.47. The number of aromatic nitrogens is 2. The van der Waals surface area contributed by atoms with Crippen LogP contribution in [0.4, 0.5) is 8.78 Å². The second kappa shape index (κ2) is 9.40. The smallest absolute Gasteiger partial charge is 0.258 e. The van der Waals surface area contributed by atoms with E-state index in [9.17, 15) is 13.6 Å². The number of rotatable bonds is 8. The Morgan fingerprint density at radius 1 is 0.964 bits per heavy atom. The Kier molecular flexibility index (Phi) is 6.46. The molecule has 0 bridgehead atoms. The SMILES string of the molecule is O=C(COc1ccc(F)cc1F)NCCOc1ccc(-c2ccccc2)nn1. The van der Waals surface area contributed by atoms with E-state index in [2.05, 4.69) is 15.5 Å². The number of benzene rings is 2. The van der Waals surface area contributed by atoms with Crippen molar-refractivity contribution in [1.82, 2.24) is 15.5 Å². The molecular weight excluding hydrogens is 368 g/mol. The van der Waals surface area contributed by atoms with Gasteiger partial charge in [-0.1, -0.05) is 30.3 Å². The second-order valence-electron chi connectivity index (χ2n) is 5.68. The highest BCUT2D eigenvalue weighted by atomic mass is 19.1. The second-order valence-corrected chi connectivity index (χ2v) is 5.68. The monoisotopic (exact) mass is 385 g/mol. The number of hydrogen-bond acceptors (Lipinski definition) is 5. The van der Waals surface area contributed by atoms with Gasteiger partial charge in [0, 0.05) is 17.7 Å². The molecule has 0 aliphatic carbocycles. The molecule has 0 saturated heterocycles. The fourth-order valence-corrected chi connectivity index (χ4v) is 2.29. The van der Waals surface area contributed by atoms with Crippen molar-refractivity contribution in [2.24, 2.45) is 0 Å². The van der Waals surface area contributed by atoms with E-state index in [4.69, 9.17) is 9.47 Å². The Hall–Kier alpha value is -3.55. The standard InChI is InChI=1S/C20H17F2N3O3/c21-15-6-8-18(16(22)12-15)28-13-19(26)23-10-11-27-20-9-7-17(24-25-20)14-4-2-1-3-5-14/h1-9,12H,10-11,13H2,(H,23,26). The molecule has 0 unspecified atom stereocenters. The van der Waals surface area contributed by atoms with E-state index < -0.39 is 24.1 Å². The highest BCUT2D eigenvalue weighted by molar-refractivity contribution is 5.77. The van der Waals surface area contributed by atoms with Crippen LogP contribution < -0.4 is 14.8 Å². The van der Waals surface area contributed by atoms with Gasteiger partial charge < -0.3 is 14.8 Å². The summed E-state index contributed by atoms with van der Waals surface area (Å²) in [4.78, 5) is 11.7. The van der Waals surface area contributed by atoms with Gasteiger partial charge in [0.1, 0.15) is 12.4 Å². The molecule has 1 amide bonds. The van der Waals surface area contributed by atoms with E-state index in [-0.39, 0.29) is 18.9 Å². The largest absolute Gasteiger partial charge is 0.481 e. The lowest BCUT2D eigenvalue weighted by Crippen LogP contribution is -2.32. The number of carbonyl (C=O) groups excluding carboxylic acids is 1. The highest BCUT2D eigenvalue weighted by Gasteiger charge is 2.08. The highest BCUT2D eigenvalue weighted by Crippen LogP contribution is 2.18. The number of nitrogens with one attached hydrogen (secondary N) is 1. The number of ether oxygens (including phenoxy) is 2. The van der Waals surface area contributed by atoms with Crippen molar-refractivity contribution < 1.29 is 23.0 Å². The summed E-state index contributed by atoms with van der Waals surface area (Å²) in [5, 5.41) is 10.6. The van der Waals surface area contributed by atoms with Crippen LogP contribution in [0.1, 0.15) is 0 Å². The molecule has 2 aromatic carbocycles. The van der Waals surface area contributed by atoms with Crippen molar-refractivity contribution in [3.05, 3.63) is 72.3 Å². The van der Waals surface area contributed by atoms with Crippen molar-refractivity contribution in [3.8, 4) is 22.9 Å². The van der Waals surface area contributed by atoms with Crippen LogP contribution in [0.25, 0.3) is 11.3 Å². The fourth-order valence-electron chi connectivity index (χ4n) is 2.29. The number of carbonyl (C=O) groups is 1. The van der Waals surface area contributed by atoms with Crippen LogP contribution in [0.15, 0.2) is 60.7 Å². The van der Waals surface area contributed by atoms with Gasteiger partial charge in [0.2, 0.25) is 5.88 Å². The molecule has 28 heavy (non-hydrogen) atoms. The van der Waals surface area contributed by atoms with Crippen LogP contribution in [-0.4, -0.2) is 35.9 Å². The molecule has 0 atom stereocenters. The Morgan fingerprint density at radius 3 is 2.50 bits per heavy atom. The number of hydrogen-bond donors (Lipinski definition) is 1. The maximum absolute atomic E-state index is 13.4. The predicted octanol–water partition coefficient (Wildman–Crippen LogP) is 3.00. The summed E-state index contributed by atoms with van der Waals surface area (Å²) in [7, 11) is 0. The van der Waals surface area contributed by atoms with Gasteiger partial charge >= 0.3 is 0 Å². The van der Waals surface area contributed by atoms with Gasteiger partial charge in [-0.25, -0.2) is 8.78 Å². The van der Waals surface area contributed by atoms with Gasteiger partial charge in [-0.15, -0.1) is 10.2 Å². The van der Waals surface area contributed by atoms with E-state index in [0.29, 0.717) is 11.9 Å². The molecule has 0 spiro atoms. The Bertz CT molecular complexity index is 922. The molecule has 0 radical (unpaired) electrons. The van der Waals surface area contributed by atoms with Crippen LogP contribution in [0, 0.1) is 11.6 Å². The van der Waals surface area contributed by atoms with Gasteiger partial charge in [0.05, 0.1) is 12.2 Å². The summed E-state index contributed by atoms with van der Waals surface area (Å²) in [6, 6.07) is 16.0. The maximum atomic E-state index is 13.4. The summed E-state index contributed by atoms with van der Waals surface area (Å²) >= 11 is 0. The molecule has 1 N–H and O–H groups in total. The van der Waals surface area contributed by atoms with Gasteiger partial charge in [-0.2, -0.15) is 0 Å². The van der Waals surface area contributed by atoms with Gasteiger partial charge in [0.25, 0.3) is 5.91 Å². The Balaban J connectivity index is 1.37. The molecule has 3 rings (SSSR count). The predicted molar refractivity (Wildman–Crippen MR) is 97.8 cm³/mol. The first kappa shape index (κ1) is 19.2. The lowest BCUT2D eigenvalue weighted by atomic mass is 10.1. The molecule has 0 saturated carbocycles. The van der Waals surface area contributed by atoms with E-state index in [1.54, 1.807) is 12.1 Å². The van der Waals surface area contributed by atoms with Crippen LogP contribution in [-0.2, 0) is 4.79 Å². The van der Waals surface area contributed by atoms with Gasteiger partial charge in [-0.3, -0.25) is 4.79 Å². The third-order valence-electron chi connectivity index (χ3n) is 3.64. The van der Waals surface area contributed by atoms with Crippen molar-refractivity contribution >= 4 is 5.91 Å². The van der Waals surface area contributed by atoms with Crippen LogP contribution in [0.5, 0.6) is 11.6 Å². The first-order chi connectivity index (χ1) is 13.6. The molecule has 0 fully saturated rings. The summed E-state index contributed by atoms with van der Waals surface area (Å²) in [6.07, 6.45) is 0. The number of halogens is 2.